The molecular weight excluding hydrogens is 194 g/mol. The molecule has 0 aliphatic carbocycles. The average Bonchev–Trinajstić information content (AvgIpc) is 2.25. The molecule has 1 aliphatic rings. The molecule has 0 aromatic carbocycles. The van der Waals surface area contributed by atoms with Gasteiger partial charge in [0, 0.05) is 13.7 Å². The van der Waals surface area contributed by atoms with Crippen molar-refractivity contribution in [3.8, 4) is 0 Å². The van der Waals surface area contributed by atoms with Gasteiger partial charge in [-0.15, -0.1) is 0 Å². The molecule has 0 bridgehead atoms. The zero-order chi connectivity index (χ0) is 10.9. The summed E-state index contributed by atoms with van der Waals surface area (Å²) < 4.78 is 16.0. The van der Waals surface area contributed by atoms with Crippen LogP contribution in [0.5, 0.6) is 0 Å². The standard InChI is InChI=1S/C11H23NO3/c1-10-9-12-4-3-11(10)15-8-7-14-6-5-13-2/h10-12H,3-9H2,1-2H3. The zero-order valence-corrected chi connectivity index (χ0v) is 9.83. The van der Waals surface area contributed by atoms with Crippen LogP contribution in [-0.2, 0) is 14.2 Å². The molecule has 15 heavy (non-hydrogen) atoms. The second kappa shape index (κ2) is 8.05. The van der Waals surface area contributed by atoms with Crippen LogP contribution < -0.4 is 5.32 Å². The van der Waals surface area contributed by atoms with Crippen LogP contribution in [0.25, 0.3) is 0 Å². The number of nitrogens with one attached hydrogen (secondary N) is 1. The van der Waals surface area contributed by atoms with Crippen molar-refractivity contribution in [3.63, 3.8) is 0 Å². The highest BCUT2D eigenvalue weighted by molar-refractivity contribution is 4.75. The van der Waals surface area contributed by atoms with Gasteiger partial charge in [0.15, 0.2) is 0 Å². The number of piperidine rings is 1. The highest BCUT2D eigenvalue weighted by atomic mass is 16.5. The largest absolute Gasteiger partial charge is 0.382 e. The number of methoxy groups -OCH3 is 1. The molecule has 1 N–H and O–H groups in total. The Morgan fingerprint density at radius 3 is 2.73 bits per heavy atom. The second-order valence-corrected chi connectivity index (χ2v) is 3.98. The van der Waals surface area contributed by atoms with Gasteiger partial charge in [-0.05, 0) is 18.9 Å². The van der Waals surface area contributed by atoms with Gasteiger partial charge < -0.3 is 19.5 Å². The van der Waals surface area contributed by atoms with Crippen LogP contribution in [0.4, 0.5) is 0 Å². The second-order valence-electron chi connectivity index (χ2n) is 3.98. The summed E-state index contributed by atoms with van der Waals surface area (Å²) in [4.78, 5) is 0. The third kappa shape index (κ3) is 5.47. The van der Waals surface area contributed by atoms with Gasteiger partial charge >= 0.3 is 0 Å². The summed E-state index contributed by atoms with van der Waals surface area (Å²) in [7, 11) is 1.68. The van der Waals surface area contributed by atoms with Gasteiger partial charge in [-0.1, -0.05) is 6.92 Å². The molecule has 1 rings (SSSR count). The van der Waals surface area contributed by atoms with E-state index in [1.807, 2.05) is 0 Å². The third-order valence-corrected chi connectivity index (χ3v) is 2.70. The van der Waals surface area contributed by atoms with Crippen LogP contribution >= 0.6 is 0 Å². The summed E-state index contributed by atoms with van der Waals surface area (Å²) in [6.45, 7) is 7.03. The van der Waals surface area contributed by atoms with Gasteiger partial charge in [0.2, 0.25) is 0 Å². The molecule has 0 amide bonds. The molecule has 1 heterocycles. The summed E-state index contributed by atoms with van der Waals surface area (Å²) in [5.41, 5.74) is 0. The van der Waals surface area contributed by atoms with Gasteiger partial charge in [-0.25, -0.2) is 0 Å². The SMILES string of the molecule is COCCOCCOC1CCNCC1C. The van der Waals surface area contributed by atoms with Crippen LogP contribution in [0.3, 0.4) is 0 Å². The Balaban J connectivity index is 1.94. The normalized spacial score (nSPS) is 26.8. The topological polar surface area (TPSA) is 39.7 Å². The number of rotatable bonds is 7. The fourth-order valence-electron chi connectivity index (χ4n) is 1.74. The Morgan fingerprint density at radius 2 is 2.00 bits per heavy atom. The van der Waals surface area contributed by atoms with Crippen molar-refractivity contribution in [2.24, 2.45) is 5.92 Å². The van der Waals surface area contributed by atoms with Crippen LogP contribution in [-0.4, -0.2) is 52.7 Å². The van der Waals surface area contributed by atoms with Crippen molar-refractivity contribution in [1.82, 2.24) is 5.32 Å². The lowest BCUT2D eigenvalue weighted by molar-refractivity contribution is -0.0346. The summed E-state index contributed by atoms with van der Waals surface area (Å²) in [5, 5.41) is 3.36. The lowest BCUT2D eigenvalue weighted by Gasteiger charge is -2.29. The lowest BCUT2D eigenvalue weighted by atomic mass is 9.98. The van der Waals surface area contributed by atoms with Crippen molar-refractivity contribution in [3.05, 3.63) is 0 Å². The lowest BCUT2D eigenvalue weighted by Crippen LogP contribution is -2.40. The van der Waals surface area contributed by atoms with E-state index in [2.05, 4.69) is 12.2 Å². The first kappa shape index (κ1) is 12.9. The minimum absolute atomic E-state index is 0.400. The first-order valence-corrected chi connectivity index (χ1v) is 5.73. The van der Waals surface area contributed by atoms with E-state index in [4.69, 9.17) is 14.2 Å². The summed E-state index contributed by atoms with van der Waals surface area (Å²) in [5.74, 6) is 0.609. The number of ether oxygens (including phenoxy) is 3. The minimum Gasteiger partial charge on any atom is -0.382 e. The smallest absolute Gasteiger partial charge is 0.0704 e. The van der Waals surface area contributed by atoms with Crippen LogP contribution in [0.1, 0.15) is 13.3 Å². The van der Waals surface area contributed by atoms with Crippen molar-refractivity contribution in [2.75, 3.05) is 46.6 Å². The van der Waals surface area contributed by atoms with E-state index in [9.17, 15) is 0 Å². The molecule has 1 fully saturated rings. The summed E-state index contributed by atoms with van der Waals surface area (Å²) in [6, 6.07) is 0. The van der Waals surface area contributed by atoms with Crippen molar-refractivity contribution in [1.29, 1.82) is 0 Å². The molecule has 0 aromatic rings. The predicted molar refractivity (Wildman–Crippen MR) is 59.1 cm³/mol. The van der Waals surface area contributed by atoms with Crippen LogP contribution in [0.2, 0.25) is 0 Å². The first-order valence-electron chi connectivity index (χ1n) is 5.73. The van der Waals surface area contributed by atoms with E-state index in [0.29, 0.717) is 38.4 Å². The maximum atomic E-state index is 5.77. The van der Waals surface area contributed by atoms with E-state index in [0.717, 1.165) is 19.5 Å². The molecule has 2 atom stereocenters. The molecule has 0 spiro atoms. The van der Waals surface area contributed by atoms with E-state index < -0.39 is 0 Å². The number of hydrogen-bond donors (Lipinski definition) is 1. The first-order chi connectivity index (χ1) is 7.34. The molecule has 4 nitrogen and oxygen atoms in total. The van der Waals surface area contributed by atoms with Gasteiger partial charge in [-0.2, -0.15) is 0 Å². The van der Waals surface area contributed by atoms with Gasteiger partial charge in [0.25, 0.3) is 0 Å². The van der Waals surface area contributed by atoms with Gasteiger partial charge in [-0.3, -0.25) is 0 Å². The molecule has 4 heteroatoms. The van der Waals surface area contributed by atoms with E-state index >= 15 is 0 Å². The molecule has 0 saturated carbocycles. The molecule has 1 saturated heterocycles. The van der Waals surface area contributed by atoms with Crippen LogP contribution in [0, 0.1) is 5.92 Å². The Kier molecular flexibility index (Phi) is 6.92. The maximum Gasteiger partial charge on any atom is 0.0704 e. The Morgan fingerprint density at radius 1 is 1.20 bits per heavy atom. The maximum absolute atomic E-state index is 5.77. The Labute approximate surface area is 92.3 Å². The zero-order valence-electron chi connectivity index (χ0n) is 9.83. The van der Waals surface area contributed by atoms with Crippen molar-refractivity contribution < 1.29 is 14.2 Å². The molecule has 90 valence electrons. The molecule has 2 unspecified atom stereocenters. The summed E-state index contributed by atoms with van der Waals surface area (Å²) >= 11 is 0. The van der Waals surface area contributed by atoms with Crippen molar-refractivity contribution >= 4 is 0 Å². The van der Waals surface area contributed by atoms with E-state index in [1.54, 1.807) is 7.11 Å². The monoisotopic (exact) mass is 217 g/mol. The third-order valence-electron chi connectivity index (χ3n) is 2.70. The summed E-state index contributed by atoms with van der Waals surface area (Å²) in [6.07, 6.45) is 1.51. The van der Waals surface area contributed by atoms with Crippen molar-refractivity contribution in [2.45, 2.75) is 19.4 Å². The number of hydrogen-bond acceptors (Lipinski definition) is 4. The predicted octanol–water partition coefficient (Wildman–Crippen LogP) is 0.664. The van der Waals surface area contributed by atoms with Crippen LogP contribution in [0.15, 0.2) is 0 Å². The molecular formula is C11H23NO3. The quantitative estimate of drug-likeness (QED) is 0.636. The minimum atomic E-state index is 0.400. The highest BCUT2D eigenvalue weighted by Crippen LogP contribution is 2.13. The highest BCUT2D eigenvalue weighted by Gasteiger charge is 2.20. The Hall–Kier alpha value is -0.160. The van der Waals surface area contributed by atoms with Gasteiger partial charge in [0.1, 0.15) is 0 Å². The molecule has 0 radical (unpaired) electrons. The molecule has 1 aliphatic heterocycles. The molecule has 0 aromatic heterocycles. The fraction of sp³-hybridized carbons (Fsp3) is 1.00. The van der Waals surface area contributed by atoms with Gasteiger partial charge in [0.05, 0.1) is 32.5 Å². The average molecular weight is 217 g/mol. The fourth-order valence-corrected chi connectivity index (χ4v) is 1.74. The van der Waals surface area contributed by atoms with E-state index in [1.165, 1.54) is 0 Å². The van der Waals surface area contributed by atoms with E-state index in [-0.39, 0.29) is 0 Å². The Bertz CT molecular complexity index is 155.